The fourth-order valence-electron chi connectivity index (χ4n) is 2.62. The second kappa shape index (κ2) is 7.36. The van der Waals surface area contributed by atoms with Gasteiger partial charge in [-0.05, 0) is 19.3 Å². The Bertz CT molecular complexity index is 594. The van der Waals surface area contributed by atoms with E-state index >= 15 is 0 Å². The fourth-order valence-corrected chi connectivity index (χ4v) is 2.62. The summed E-state index contributed by atoms with van der Waals surface area (Å²) < 4.78 is 83.7. The van der Waals surface area contributed by atoms with Gasteiger partial charge >= 0.3 is 24.3 Å². The lowest BCUT2D eigenvalue weighted by Gasteiger charge is -2.31. The molecule has 0 amide bonds. The normalized spacial score (nSPS) is 21.1. The largest absolute Gasteiger partial charge is 0.459 e. The highest BCUT2D eigenvalue weighted by atomic mass is 19.4. The van der Waals surface area contributed by atoms with Crippen LogP contribution in [0, 0.1) is 11.3 Å². The van der Waals surface area contributed by atoms with Gasteiger partial charge in [0.25, 0.3) is 5.60 Å². The summed E-state index contributed by atoms with van der Waals surface area (Å²) in [6.45, 7) is 5.26. The molecule has 0 bridgehead atoms. The van der Waals surface area contributed by atoms with E-state index in [2.05, 4.69) is 10.1 Å². The van der Waals surface area contributed by atoms with Crippen molar-refractivity contribution in [2.24, 2.45) is 11.3 Å². The molecule has 164 valence electrons. The minimum atomic E-state index is -6.12. The number of carbonyl (C=O) groups is 2. The Hall–Kier alpha value is -1.56. The van der Waals surface area contributed by atoms with Crippen LogP contribution in [0.3, 0.4) is 0 Å². The lowest BCUT2D eigenvalue weighted by molar-refractivity contribution is -0.375. The minimum absolute atomic E-state index is 0.281. The summed E-state index contributed by atoms with van der Waals surface area (Å²) in [6.07, 6.45) is -12.2. The van der Waals surface area contributed by atoms with E-state index in [0.29, 0.717) is 0 Å². The molecular formula is C16H23F6NO5. The lowest BCUT2D eigenvalue weighted by atomic mass is 9.76. The van der Waals surface area contributed by atoms with Crippen LogP contribution in [0.1, 0.15) is 34.6 Å². The van der Waals surface area contributed by atoms with Crippen molar-refractivity contribution in [1.82, 2.24) is 5.32 Å². The van der Waals surface area contributed by atoms with Crippen molar-refractivity contribution < 1.29 is 50.5 Å². The van der Waals surface area contributed by atoms with Crippen molar-refractivity contribution in [3.63, 3.8) is 0 Å². The molecule has 1 heterocycles. The molecule has 2 unspecified atom stereocenters. The minimum Gasteiger partial charge on any atom is -0.459 e. The molecule has 2 atom stereocenters. The van der Waals surface area contributed by atoms with Gasteiger partial charge in [0, 0.05) is 11.6 Å². The topological polar surface area (TPSA) is 94.8 Å². The van der Waals surface area contributed by atoms with Gasteiger partial charge in [0.15, 0.2) is 6.61 Å². The van der Waals surface area contributed by atoms with Crippen LogP contribution in [0.5, 0.6) is 0 Å². The smallest absolute Gasteiger partial charge is 0.429 e. The van der Waals surface area contributed by atoms with E-state index in [1.165, 1.54) is 0 Å². The summed E-state index contributed by atoms with van der Waals surface area (Å²) in [4.78, 5) is 23.8. The molecule has 6 nitrogen and oxygen atoms in total. The van der Waals surface area contributed by atoms with Gasteiger partial charge in [0.2, 0.25) is 0 Å². The summed E-state index contributed by atoms with van der Waals surface area (Å²) in [5, 5.41) is 12.0. The van der Waals surface area contributed by atoms with Gasteiger partial charge < -0.3 is 19.9 Å². The average molecular weight is 423 g/mol. The summed E-state index contributed by atoms with van der Waals surface area (Å²) >= 11 is 0. The number of halogens is 6. The van der Waals surface area contributed by atoms with Gasteiger partial charge in [-0.3, -0.25) is 4.79 Å². The number of alkyl halides is 6. The summed E-state index contributed by atoms with van der Waals surface area (Å²) in [6, 6.07) is -0.281. The first-order valence-corrected chi connectivity index (χ1v) is 8.20. The van der Waals surface area contributed by atoms with Crippen LogP contribution in [0.25, 0.3) is 0 Å². The number of hydrogen-bond acceptors (Lipinski definition) is 6. The van der Waals surface area contributed by atoms with Crippen molar-refractivity contribution in [3.05, 3.63) is 0 Å². The predicted octanol–water partition coefficient (Wildman–Crippen LogP) is 2.34. The third-order valence-corrected chi connectivity index (χ3v) is 4.45. The van der Waals surface area contributed by atoms with Crippen LogP contribution in [0.4, 0.5) is 26.3 Å². The molecular weight excluding hydrogens is 400 g/mol. The molecule has 0 aliphatic carbocycles. The van der Waals surface area contributed by atoms with Crippen molar-refractivity contribution in [3.8, 4) is 0 Å². The fraction of sp³-hybridized carbons (Fsp3) is 0.875. The lowest BCUT2D eigenvalue weighted by Crippen LogP contribution is -2.60. The molecule has 28 heavy (non-hydrogen) atoms. The van der Waals surface area contributed by atoms with Gasteiger partial charge in [0.1, 0.15) is 6.61 Å². The molecule has 12 heteroatoms. The van der Waals surface area contributed by atoms with Crippen molar-refractivity contribution in [2.75, 3.05) is 13.2 Å². The second-order valence-electron chi connectivity index (χ2n) is 8.31. The molecule has 1 saturated heterocycles. The molecule has 0 aromatic heterocycles. The van der Waals surface area contributed by atoms with Crippen molar-refractivity contribution in [1.29, 1.82) is 0 Å². The molecule has 0 saturated carbocycles. The Labute approximate surface area is 157 Å². The Morgan fingerprint density at radius 3 is 1.79 bits per heavy atom. The van der Waals surface area contributed by atoms with E-state index in [1.54, 1.807) is 20.8 Å². The average Bonchev–Trinajstić information content (AvgIpc) is 3.06. The monoisotopic (exact) mass is 423 g/mol. The van der Waals surface area contributed by atoms with E-state index in [1.807, 2.05) is 13.8 Å². The Balaban J connectivity index is 2.70. The van der Waals surface area contributed by atoms with E-state index in [-0.39, 0.29) is 11.6 Å². The van der Waals surface area contributed by atoms with E-state index < -0.39 is 54.4 Å². The highest BCUT2D eigenvalue weighted by molar-refractivity contribution is 5.79. The van der Waals surface area contributed by atoms with Gasteiger partial charge in [-0.15, -0.1) is 0 Å². The molecule has 0 radical (unpaired) electrons. The Morgan fingerprint density at radius 1 is 1.04 bits per heavy atom. The number of carbonyl (C=O) groups excluding carboxylic acids is 2. The molecule has 0 aromatic rings. The van der Waals surface area contributed by atoms with E-state index in [0.717, 1.165) is 0 Å². The maximum Gasteiger partial charge on any atom is 0.429 e. The second-order valence-corrected chi connectivity index (χ2v) is 8.31. The van der Waals surface area contributed by atoms with Crippen LogP contribution in [-0.4, -0.2) is 59.8 Å². The van der Waals surface area contributed by atoms with Gasteiger partial charge in [-0.1, -0.05) is 20.8 Å². The summed E-state index contributed by atoms with van der Waals surface area (Å²) in [7, 11) is 0. The third-order valence-electron chi connectivity index (χ3n) is 4.45. The highest BCUT2D eigenvalue weighted by Gasteiger charge is 2.71. The van der Waals surface area contributed by atoms with Gasteiger partial charge in [-0.2, -0.15) is 26.3 Å². The van der Waals surface area contributed by atoms with Crippen LogP contribution < -0.4 is 5.32 Å². The van der Waals surface area contributed by atoms with Crippen LogP contribution in [-0.2, 0) is 19.1 Å². The first kappa shape index (κ1) is 24.5. The zero-order chi connectivity index (χ0) is 22.3. The van der Waals surface area contributed by atoms with Crippen LogP contribution >= 0.6 is 0 Å². The maximum absolute atomic E-state index is 12.5. The molecule has 1 aliphatic rings. The third kappa shape index (κ3) is 5.28. The van der Waals surface area contributed by atoms with Gasteiger partial charge in [-0.25, -0.2) is 4.79 Å². The molecule has 1 aliphatic heterocycles. The SMILES string of the molecule is CC(C)(C)C(C(=O)OCC(=O)OCC(O)(C(F)(F)F)C(F)(F)F)C1NC1(C)C. The van der Waals surface area contributed by atoms with Crippen LogP contribution in [0.15, 0.2) is 0 Å². The summed E-state index contributed by atoms with van der Waals surface area (Å²) in [5.41, 5.74) is -6.19. The quantitative estimate of drug-likeness (QED) is 0.387. The standard InChI is InChI=1S/C16H23F6NO5/c1-12(2,3)9(10-13(4,5)23-10)11(25)27-6-8(24)28-7-14(26,15(17,18)19)16(20,21)22/h9-10,23,26H,6-7H2,1-5H3. The maximum atomic E-state index is 12.5. The highest BCUT2D eigenvalue weighted by Crippen LogP contribution is 2.43. The van der Waals surface area contributed by atoms with Gasteiger partial charge in [0.05, 0.1) is 5.92 Å². The number of esters is 2. The van der Waals surface area contributed by atoms with Crippen molar-refractivity contribution >= 4 is 11.9 Å². The van der Waals surface area contributed by atoms with E-state index in [9.17, 15) is 35.9 Å². The Morgan fingerprint density at radius 2 is 1.46 bits per heavy atom. The number of rotatable bonds is 6. The molecule has 0 spiro atoms. The number of nitrogens with one attached hydrogen (secondary N) is 1. The first-order valence-electron chi connectivity index (χ1n) is 8.20. The number of hydrogen-bond donors (Lipinski definition) is 2. The van der Waals surface area contributed by atoms with Crippen molar-refractivity contribution in [2.45, 2.75) is 64.2 Å². The zero-order valence-electron chi connectivity index (χ0n) is 15.9. The van der Waals surface area contributed by atoms with Crippen LogP contribution in [0.2, 0.25) is 0 Å². The Kier molecular flexibility index (Phi) is 6.43. The molecule has 1 rings (SSSR count). The molecule has 2 N–H and O–H groups in total. The predicted molar refractivity (Wildman–Crippen MR) is 82.9 cm³/mol. The summed E-state index contributed by atoms with van der Waals surface area (Å²) in [5.74, 6) is -3.23. The first-order chi connectivity index (χ1) is 12.2. The molecule has 1 fully saturated rings. The van der Waals surface area contributed by atoms with E-state index in [4.69, 9.17) is 9.84 Å². The number of ether oxygens (including phenoxy) is 2. The number of aliphatic hydroxyl groups is 1. The zero-order valence-corrected chi connectivity index (χ0v) is 15.9. The molecule has 0 aromatic carbocycles.